The number of methoxy groups -OCH3 is 1. The van der Waals surface area contributed by atoms with E-state index in [1.54, 1.807) is 20.2 Å². The van der Waals surface area contributed by atoms with Crippen LogP contribution in [0, 0.1) is 0 Å². The Balaban J connectivity index is 2.46. The van der Waals surface area contributed by atoms with Crippen LogP contribution >= 0.6 is 0 Å². The van der Waals surface area contributed by atoms with Crippen LogP contribution < -0.4 is 9.47 Å². The van der Waals surface area contributed by atoms with Gasteiger partial charge in [-0.2, -0.15) is 0 Å². The lowest BCUT2D eigenvalue weighted by atomic mass is 10.1. The Labute approximate surface area is 82.0 Å². The topological polar surface area (TPSA) is 38.8 Å². The Kier molecular flexibility index (Phi) is 2.04. The van der Waals surface area contributed by atoms with Crippen molar-refractivity contribution in [2.24, 2.45) is 0 Å². The molecule has 0 saturated heterocycles. The van der Waals surface area contributed by atoms with Crippen LogP contribution in [0.1, 0.15) is 5.56 Å². The number of hydrogen-bond donors (Lipinski definition) is 0. The van der Waals surface area contributed by atoms with Gasteiger partial charge in [0.2, 0.25) is 0 Å². The standard InChI is InChI=1S/C10H11NO3/c1-11-6-7-4-3-5-8(13-2)9(7)14-10(11)12/h3-5H,6H2,1-2H3. The number of amides is 1. The zero-order chi connectivity index (χ0) is 10.1. The van der Waals surface area contributed by atoms with Gasteiger partial charge in [0.05, 0.1) is 13.7 Å². The molecule has 1 amide bonds. The van der Waals surface area contributed by atoms with Crippen molar-refractivity contribution in [1.29, 1.82) is 0 Å². The van der Waals surface area contributed by atoms with E-state index in [2.05, 4.69) is 0 Å². The molecule has 4 nitrogen and oxygen atoms in total. The first-order chi connectivity index (χ1) is 6.72. The van der Waals surface area contributed by atoms with Crippen molar-refractivity contribution in [2.75, 3.05) is 14.2 Å². The number of ether oxygens (including phenoxy) is 2. The van der Waals surface area contributed by atoms with E-state index in [4.69, 9.17) is 9.47 Å². The average molecular weight is 193 g/mol. The first-order valence-electron chi connectivity index (χ1n) is 4.31. The Morgan fingerprint density at radius 2 is 2.29 bits per heavy atom. The fourth-order valence-electron chi connectivity index (χ4n) is 1.45. The van der Waals surface area contributed by atoms with Gasteiger partial charge in [-0.05, 0) is 6.07 Å². The molecule has 1 heterocycles. The third kappa shape index (κ3) is 1.28. The summed E-state index contributed by atoms with van der Waals surface area (Å²) in [5.41, 5.74) is 0.964. The third-order valence-electron chi connectivity index (χ3n) is 2.19. The van der Waals surface area contributed by atoms with Crippen molar-refractivity contribution in [3.05, 3.63) is 23.8 Å². The van der Waals surface area contributed by atoms with Crippen molar-refractivity contribution in [2.45, 2.75) is 6.54 Å². The van der Waals surface area contributed by atoms with Crippen molar-refractivity contribution in [3.63, 3.8) is 0 Å². The molecular formula is C10H11NO3. The van der Waals surface area contributed by atoms with E-state index in [-0.39, 0.29) is 6.09 Å². The van der Waals surface area contributed by atoms with E-state index in [9.17, 15) is 4.79 Å². The summed E-state index contributed by atoms with van der Waals surface area (Å²) in [6, 6.07) is 5.57. The summed E-state index contributed by atoms with van der Waals surface area (Å²) >= 11 is 0. The molecule has 1 aromatic carbocycles. The van der Waals surface area contributed by atoms with Crippen LogP contribution in [-0.4, -0.2) is 25.2 Å². The van der Waals surface area contributed by atoms with Crippen molar-refractivity contribution >= 4 is 6.09 Å². The van der Waals surface area contributed by atoms with E-state index < -0.39 is 0 Å². The number of nitrogens with zero attached hydrogens (tertiary/aromatic N) is 1. The molecule has 0 fully saturated rings. The Morgan fingerprint density at radius 3 is 3.00 bits per heavy atom. The summed E-state index contributed by atoms with van der Waals surface area (Å²) in [6.45, 7) is 0.561. The fourth-order valence-corrected chi connectivity index (χ4v) is 1.45. The van der Waals surface area contributed by atoms with Gasteiger partial charge < -0.3 is 14.4 Å². The number of benzene rings is 1. The molecule has 1 aliphatic rings. The largest absolute Gasteiger partial charge is 0.493 e. The van der Waals surface area contributed by atoms with Crippen LogP contribution in [0.5, 0.6) is 11.5 Å². The molecule has 2 rings (SSSR count). The molecule has 0 aromatic heterocycles. The molecule has 1 aromatic rings. The van der Waals surface area contributed by atoms with Gasteiger partial charge in [0.1, 0.15) is 0 Å². The smallest absolute Gasteiger partial charge is 0.415 e. The van der Waals surface area contributed by atoms with Crippen LogP contribution in [0.2, 0.25) is 0 Å². The monoisotopic (exact) mass is 193 g/mol. The minimum absolute atomic E-state index is 0.345. The molecule has 74 valence electrons. The predicted octanol–water partition coefficient (Wildman–Crippen LogP) is 1.64. The number of rotatable bonds is 1. The highest BCUT2D eigenvalue weighted by Crippen LogP contribution is 2.34. The molecule has 0 spiro atoms. The van der Waals surface area contributed by atoms with E-state index in [1.807, 2.05) is 12.1 Å². The molecule has 0 unspecified atom stereocenters. The predicted molar refractivity (Wildman–Crippen MR) is 50.5 cm³/mol. The summed E-state index contributed by atoms with van der Waals surface area (Å²) in [6.07, 6.45) is -0.345. The molecule has 0 N–H and O–H groups in total. The minimum Gasteiger partial charge on any atom is -0.493 e. The first-order valence-corrected chi connectivity index (χ1v) is 4.31. The van der Waals surface area contributed by atoms with Crippen LogP contribution in [0.25, 0.3) is 0 Å². The Bertz CT molecular complexity index is 376. The van der Waals surface area contributed by atoms with Crippen molar-refractivity contribution in [1.82, 2.24) is 4.90 Å². The molecule has 0 saturated carbocycles. The van der Waals surface area contributed by atoms with Gasteiger partial charge in [-0.25, -0.2) is 4.79 Å². The van der Waals surface area contributed by atoms with Gasteiger partial charge in [-0.1, -0.05) is 12.1 Å². The maximum Gasteiger partial charge on any atom is 0.415 e. The number of para-hydroxylation sites is 1. The van der Waals surface area contributed by atoms with E-state index >= 15 is 0 Å². The van der Waals surface area contributed by atoms with E-state index in [0.717, 1.165) is 5.56 Å². The number of hydrogen-bond acceptors (Lipinski definition) is 3. The highest BCUT2D eigenvalue weighted by Gasteiger charge is 2.24. The highest BCUT2D eigenvalue weighted by atomic mass is 16.6. The van der Waals surface area contributed by atoms with Gasteiger partial charge in [-0.15, -0.1) is 0 Å². The van der Waals surface area contributed by atoms with Crippen LogP contribution in [-0.2, 0) is 6.54 Å². The van der Waals surface area contributed by atoms with Gasteiger partial charge in [0.15, 0.2) is 11.5 Å². The second kappa shape index (κ2) is 3.21. The summed E-state index contributed by atoms with van der Waals surface area (Å²) in [5.74, 6) is 1.14. The first kappa shape index (κ1) is 8.87. The molecule has 0 atom stereocenters. The molecule has 14 heavy (non-hydrogen) atoms. The summed E-state index contributed by atoms with van der Waals surface area (Å²) in [4.78, 5) is 12.8. The lowest BCUT2D eigenvalue weighted by molar-refractivity contribution is 0.148. The van der Waals surface area contributed by atoms with Crippen LogP contribution in [0.15, 0.2) is 18.2 Å². The molecule has 0 bridgehead atoms. The van der Waals surface area contributed by atoms with Crippen LogP contribution in [0.3, 0.4) is 0 Å². The molecule has 0 aliphatic carbocycles. The maximum absolute atomic E-state index is 11.3. The van der Waals surface area contributed by atoms with Crippen molar-refractivity contribution < 1.29 is 14.3 Å². The summed E-state index contributed by atoms with van der Waals surface area (Å²) < 4.78 is 10.2. The molecule has 1 aliphatic heterocycles. The molecular weight excluding hydrogens is 182 g/mol. The number of carbonyl (C=O) groups is 1. The normalized spacial score (nSPS) is 14.7. The van der Waals surface area contributed by atoms with Crippen LogP contribution in [0.4, 0.5) is 4.79 Å². The van der Waals surface area contributed by atoms with Gasteiger partial charge in [0, 0.05) is 12.6 Å². The summed E-state index contributed by atoms with van der Waals surface area (Å²) in [7, 11) is 3.26. The van der Waals surface area contributed by atoms with E-state index in [1.165, 1.54) is 4.90 Å². The lowest BCUT2D eigenvalue weighted by Gasteiger charge is -2.25. The molecule has 4 heteroatoms. The lowest BCUT2D eigenvalue weighted by Crippen LogP contribution is -2.33. The Hall–Kier alpha value is -1.71. The second-order valence-corrected chi connectivity index (χ2v) is 3.17. The van der Waals surface area contributed by atoms with Gasteiger partial charge in [-0.3, -0.25) is 0 Å². The zero-order valence-electron chi connectivity index (χ0n) is 8.11. The SMILES string of the molecule is COc1cccc2c1OC(=O)N(C)C2. The molecule has 0 radical (unpaired) electrons. The highest BCUT2D eigenvalue weighted by molar-refractivity contribution is 5.74. The Morgan fingerprint density at radius 1 is 1.50 bits per heavy atom. The zero-order valence-corrected chi connectivity index (χ0v) is 8.11. The van der Waals surface area contributed by atoms with Gasteiger partial charge >= 0.3 is 6.09 Å². The van der Waals surface area contributed by atoms with Gasteiger partial charge in [0.25, 0.3) is 0 Å². The second-order valence-electron chi connectivity index (χ2n) is 3.17. The number of carbonyl (C=O) groups excluding carboxylic acids is 1. The minimum atomic E-state index is -0.345. The van der Waals surface area contributed by atoms with Crippen molar-refractivity contribution in [3.8, 4) is 11.5 Å². The quantitative estimate of drug-likeness (QED) is 0.680. The fraction of sp³-hybridized carbons (Fsp3) is 0.300. The summed E-state index contributed by atoms with van der Waals surface area (Å²) in [5, 5.41) is 0. The maximum atomic E-state index is 11.3. The number of fused-ring (bicyclic) bond motifs is 1. The van der Waals surface area contributed by atoms with E-state index in [0.29, 0.717) is 18.0 Å². The average Bonchev–Trinajstić information content (AvgIpc) is 2.19. The third-order valence-corrected chi connectivity index (χ3v) is 2.19.